The van der Waals surface area contributed by atoms with Crippen LogP contribution in [0.2, 0.25) is 0 Å². The smallest absolute Gasteiger partial charge is 0.306 e. The molecule has 6 heteroatoms. The number of thioether (sulfide) groups is 1. The molecular weight excluding hydrogens is 360 g/mol. The molecule has 0 saturated heterocycles. The van der Waals surface area contributed by atoms with Crippen molar-refractivity contribution in [1.29, 1.82) is 0 Å². The van der Waals surface area contributed by atoms with Crippen molar-refractivity contribution in [1.82, 2.24) is 0 Å². The number of benzene rings is 1. The van der Waals surface area contributed by atoms with Crippen LogP contribution < -0.4 is 0 Å². The van der Waals surface area contributed by atoms with Gasteiger partial charge >= 0.3 is 5.97 Å². The predicted molar refractivity (Wildman–Crippen MR) is 91.1 cm³/mol. The maximum atomic E-state index is 11.2. The van der Waals surface area contributed by atoms with E-state index in [1.165, 1.54) is 17.8 Å². The van der Waals surface area contributed by atoms with E-state index in [2.05, 4.69) is 15.9 Å². The van der Waals surface area contributed by atoms with Crippen molar-refractivity contribution in [3.63, 3.8) is 0 Å². The molecule has 0 spiro atoms. The average Bonchev–Trinajstić information content (AvgIpc) is 2.39. The van der Waals surface area contributed by atoms with Gasteiger partial charge in [-0.05, 0) is 19.1 Å². The minimum atomic E-state index is -0.232. The monoisotopic (exact) mass is 374 g/mol. The largest absolute Gasteiger partial charge is 0.507 e. The summed E-state index contributed by atoms with van der Waals surface area (Å²) >= 11 is 9.81. The van der Waals surface area contributed by atoms with E-state index in [9.17, 15) is 9.90 Å². The topological polar surface area (TPSA) is 46.5 Å². The van der Waals surface area contributed by atoms with Gasteiger partial charge in [0.05, 0.1) is 17.2 Å². The highest BCUT2D eigenvalue weighted by atomic mass is 79.9. The molecule has 0 aromatic heterocycles. The van der Waals surface area contributed by atoms with Gasteiger partial charge in [-0.25, -0.2) is 0 Å². The molecule has 0 radical (unpaired) electrons. The van der Waals surface area contributed by atoms with E-state index in [0.29, 0.717) is 28.5 Å². The second-order valence-corrected chi connectivity index (χ2v) is 6.51. The first-order chi connectivity index (χ1) is 9.52. The molecule has 1 N–H and O–H groups in total. The molecule has 20 heavy (non-hydrogen) atoms. The minimum Gasteiger partial charge on any atom is -0.507 e. The number of esters is 1. The van der Waals surface area contributed by atoms with Gasteiger partial charge in [0, 0.05) is 21.9 Å². The molecule has 0 aliphatic heterocycles. The van der Waals surface area contributed by atoms with Crippen molar-refractivity contribution in [3.8, 4) is 0 Å². The zero-order valence-electron chi connectivity index (χ0n) is 11.0. The van der Waals surface area contributed by atoms with E-state index in [1.54, 1.807) is 19.1 Å². The molecule has 0 aliphatic rings. The van der Waals surface area contributed by atoms with Gasteiger partial charge in [-0.15, -0.1) is 11.8 Å². The summed E-state index contributed by atoms with van der Waals surface area (Å²) in [6.45, 7) is 2.16. The molecule has 1 aromatic carbocycles. The lowest BCUT2D eigenvalue weighted by atomic mass is 10.2. The lowest BCUT2D eigenvalue weighted by Gasteiger charge is -2.03. The maximum absolute atomic E-state index is 11.2. The van der Waals surface area contributed by atoms with E-state index >= 15 is 0 Å². The van der Waals surface area contributed by atoms with Gasteiger partial charge in [0.1, 0.15) is 5.76 Å². The zero-order chi connectivity index (χ0) is 15.0. The Hall–Kier alpha value is -0.850. The van der Waals surface area contributed by atoms with E-state index < -0.39 is 0 Å². The Kier molecular flexibility index (Phi) is 7.87. The molecule has 0 amide bonds. The number of thiocarbonyl (C=S) groups is 1. The average molecular weight is 375 g/mol. The molecular formula is C14H15BrO3S2. The van der Waals surface area contributed by atoms with Gasteiger partial charge in [-0.2, -0.15) is 0 Å². The fourth-order valence-corrected chi connectivity index (χ4v) is 2.62. The number of carbonyl (C=O) groups is 1. The Morgan fingerprint density at radius 1 is 1.45 bits per heavy atom. The predicted octanol–water partition coefficient (Wildman–Crippen LogP) is 4.36. The highest BCUT2D eigenvalue weighted by Crippen LogP contribution is 2.18. The lowest BCUT2D eigenvalue weighted by molar-refractivity contribution is -0.142. The molecule has 1 rings (SSSR count). The third-order valence-corrected chi connectivity index (χ3v) is 4.06. The Labute approximate surface area is 136 Å². The van der Waals surface area contributed by atoms with Gasteiger partial charge in [-0.1, -0.05) is 40.3 Å². The Bertz CT molecular complexity index is 498. The van der Waals surface area contributed by atoms with Crippen molar-refractivity contribution in [2.45, 2.75) is 13.3 Å². The molecule has 0 heterocycles. The Morgan fingerprint density at radius 3 is 2.70 bits per heavy atom. The highest BCUT2D eigenvalue weighted by molar-refractivity contribution is 9.10. The summed E-state index contributed by atoms with van der Waals surface area (Å²) in [5.74, 6) is 0.428. The van der Waals surface area contributed by atoms with Crippen LogP contribution in [-0.4, -0.2) is 27.6 Å². The summed E-state index contributed by atoms with van der Waals surface area (Å²) in [5.41, 5.74) is 0.696. The Balaban J connectivity index is 2.46. The van der Waals surface area contributed by atoms with Crippen molar-refractivity contribution in [3.05, 3.63) is 40.4 Å². The van der Waals surface area contributed by atoms with Crippen LogP contribution in [0.3, 0.4) is 0 Å². The number of rotatable bonds is 6. The summed E-state index contributed by atoms with van der Waals surface area (Å²) in [6, 6.07) is 7.27. The molecule has 0 unspecified atom stereocenters. The van der Waals surface area contributed by atoms with Crippen LogP contribution in [0.15, 0.2) is 34.8 Å². The first-order valence-electron chi connectivity index (χ1n) is 6.02. The van der Waals surface area contributed by atoms with Gasteiger partial charge in [0.25, 0.3) is 0 Å². The second-order valence-electron chi connectivity index (χ2n) is 3.76. The normalized spacial score (nSPS) is 11.2. The Morgan fingerprint density at radius 2 is 2.10 bits per heavy atom. The van der Waals surface area contributed by atoms with Gasteiger partial charge in [0.2, 0.25) is 0 Å². The molecule has 1 aromatic rings. The highest BCUT2D eigenvalue weighted by Gasteiger charge is 2.04. The van der Waals surface area contributed by atoms with E-state index in [0.717, 1.165) is 4.47 Å². The van der Waals surface area contributed by atoms with Crippen LogP contribution in [0.4, 0.5) is 0 Å². The van der Waals surface area contributed by atoms with Crippen molar-refractivity contribution >= 4 is 55.8 Å². The molecule has 3 nitrogen and oxygen atoms in total. The number of hydrogen-bond donors (Lipinski definition) is 1. The molecule has 108 valence electrons. The van der Waals surface area contributed by atoms with Crippen molar-refractivity contribution in [2.75, 3.05) is 12.4 Å². The third-order valence-electron chi connectivity index (χ3n) is 2.25. The summed E-state index contributed by atoms with van der Waals surface area (Å²) in [5, 5.41) is 9.93. The molecule has 0 saturated carbocycles. The summed E-state index contributed by atoms with van der Waals surface area (Å²) in [6.07, 6.45) is 1.83. The van der Waals surface area contributed by atoms with Gasteiger partial charge < -0.3 is 9.84 Å². The summed E-state index contributed by atoms with van der Waals surface area (Å²) in [7, 11) is 0. The number of halogens is 1. The molecule has 0 atom stereocenters. The van der Waals surface area contributed by atoms with Crippen LogP contribution in [-0.2, 0) is 9.53 Å². The van der Waals surface area contributed by atoms with Crippen molar-refractivity contribution < 1.29 is 14.6 Å². The third kappa shape index (κ3) is 6.54. The zero-order valence-corrected chi connectivity index (χ0v) is 14.2. The second kappa shape index (κ2) is 9.15. The van der Waals surface area contributed by atoms with Gasteiger partial charge in [-0.3, -0.25) is 4.79 Å². The fraction of sp³-hybridized carbons (Fsp3) is 0.286. The van der Waals surface area contributed by atoms with Crippen LogP contribution in [0, 0.1) is 0 Å². The maximum Gasteiger partial charge on any atom is 0.306 e. The van der Waals surface area contributed by atoms with Crippen LogP contribution in [0.25, 0.3) is 5.76 Å². The number of hydrogen-bond acceptors (Lipinski definition) is 5. The van der Waals surface area contributed by atoms with E-state index in [1.807, 2.05) is 12.1 Å². The van der Waals surface area contributed by atoms with E-state index in [-0.39, 0.29) is 11.7 Å². The standard InChI is InChI=1S/C14H15BrO3S2/c1-2-18-13(17)7-8-20-14(19)9-12(16)10-3-5-11(15)6-4-10/h3-6,9,16H,2,7-8H2,1H3/b12-9+. The molecule has 0 bridgehead atoms. The van der Waals surface area contributed by atoms with Crippen LogP contribution in [0.5, 0.6) is 0 Å². The first-order valence-corrected chi connectivity index (χ1v) is 8.20. The molecule has 0 fully saturated rings. The summed E-state index contributed by atoms with van der Waals surface area (Å²) < 4.78 is 6.30. The van der Waals surface area contributed by atoms with Crippen LogP contribution >= 0.6 is 39.9 Å². The van der Waals surface area contributed by atoms with Crippen molar-refractivity contribution in [2.24, 2.45) is 0 Å². The SMILES string of the molecule is CCOC(=O)CCSC(=S)/C=C(/O)c1ccc(Br)cc1. The first kappa shape index (κ1) is 17.2. The lowest BCUT2D eigenvalue weighted by Crippen LogP contribution is -2.05. The quantitative estimate of drug-likeness (QED) is 0.346. The minimum absolute atomic E-state index is 0.117. The summed E-state index contributed by atoms with van der Waals surface area (Å²) in [4.78, 5) is 11.2. The number of ether oxygens (including phenoxy) is 1. The number of aliphatic hydroxyl groups is 1. The molecule has 0 aliphatic carbocycles. The van der Waals surface area contributed by atoms with E-state index in [4.69, 9.17) is 17.0 Å². The number of aliphatic hydroxyl groups excluding tert-OH is 1. The fourth-order valence-electron chi connectivity index (χ4n) is 1.33. The van der Waals surface area contributed by atoms with Gasteiger partial charge in [0.15, 0.2) is 0 Å². The number of carbonyl (C=O) groups excluding carboxylic acids is 1. The van der Waals surface area contributed by atoms with Crippen LogP contribution in [0.1, 0.15) is 18.9 Å².